The van der Waals surface area contributed by atoms with Gasteiger partial charge < -0.3 is 19.2 Å². The third kappa shape index (κ3) is 4.99. The van der Waals surface area contributed by atoms with Gasteiger partial charge in [0.05, 0.1) is 19.0 Å². The number of aliphatic hydroxyl groups is 1. The highest BCUT2D eigenvalue weighted by Crippen LogP contribution is 2.41. The van der Waals surface area contributed by atoms with Gasteiger partial charge in [0.25, 0.3) is 8.32 Å². The molecule has 0 saturated carbocycles. The lowest BCUT2D eigenvalue weighted by Crippen LogP contribution is -2.68. The van der Waals surface area contributed by atoms with Gasteiger partial charge in [-0.05, 0) is 21.8 Å². The average Bonchev–Trinajstić information content (AvgIpc) is 3.70. The second kappa shape index (κ2) is 11.1. The highest BCUT2D eigenvalue weighted by atomic mass is 28.4. The topological polar surface area (TPSA) is 97.9 Å². The summed E-state index contributed by atoms with van der Waals surface area (Å²) in [6, 6.07) is 21.1. The van der Waals surface area contributed by atoms with Gasteiger partial charge in [0.2, 0.25) is 0 Å². The number of likely N-dealkylation sites (tertiary alicyclic amines) is 1. The van der Waals surface area contributed by atoms with Gasteiger partial charge in [-0.25, -0.2) is 19.9 Å². The quantitative estimate of drug-likeness (QED) is 0.338. The van der Waals surface area contributed by atoms with Gasteiger partial charge in [-0.2, -0.15) is 0 Å². The molecule has 1 N–H and O–H groups in total. The third-order valence-electron chi connectivity index (χ3n) is 8.32. The minimum atomic E-state index is -2.84. The molecule has 2 aliphatic rings. The first-order valence-corrected chi connectivity index (χ1v) is 16.2. The number of rotatable bonds is 7. The fourth-order valence-corrected chi connectivity index (χ4v) is 11.0. The van der Waals surface area contributed by atoms with Crippen molar-refractivity contribution in [3.05, 3.63) is 73.3 Å². The molecule has 0 radical (unpaired) electrons. The number of ether oxygens (including phenoxy) is 1. The Kier molecular flexibility index (Phi) is 7.50. The van der Waals surface area contributed by atoms with Crippen molar-refractivity contribution in [1.29, 1.82) is 0 Å². The van der Waals surface area contributed by atoms with Crippen molar-refractivity contribution < 1.29 is 14.3 Å². The molecule has 3 atom stereocenters. The van der Waals surface area contributed by atoms with E-state index in [1.165, 1.54) is 16.7 Å². The van der Waals surface area contributed by atoms with Gasteiger partial charge in [0, 0.05) is 26.4 Å². The summed E-state index contributed by atoms with van der Waals surface area (Å²) in [6.07, 6.45) is 4.62. The lowest BCUT2D eigenvalue weighted by atomic mass is 10.2. The highest BCUT2D eigenvalue weighted by molar-refractivity contribution is 6.99. The first-order chi connectivity index (χ1) is 19.8. The maximum Gasteiger partial charge on any atom is 0.261 e. The van der Waals surface area contributed by atoms with Crippen molar-refractivity contribution in [2.45, 2.75) is 63.5 Å². The zero-order valence-corrected chi connectivity index (χ0v) is 25.1. The first kappa shape index (κ1) is 27.7. The number of amidine groups is 1. The lowest BCUT2D eigenvalue weighted by Gasteiger charge is -2.45. The molecule has 4 heterocycles. The van der Waals surface area contributed by atoms with Crippen LogP contribution in [0.3, 0.4) is 0 Å². The number of fused-ring (bicyclic) bond motifs is 1. The highest BCUT2D eigenvalue weighted by Gasteiger charge is 2.53. The second-order valence-electron chi connectivity index (χ2n) is 11.9. The monoisotopic (exact) mass is 570 g/mol. The van der Waals surface area contributed by atoms with Crippen LogP contribution in [0.15, 0.2) is 78.3 Å². The molecule has 41 heavy (non-hydrogen) atoms. The van der Waals surface area contributed by atoms with E-state index in [1.807, 2.05) is 16.7 Å². The smallest absolute Gasteiger partial charge is 0.261 e. The molecule has 214 valence electrons. The van der Waals surface area contributed by atoms with Gasteiger partial charge in [0.1, 0.15) is 24.5 Å². The summed E-state index contributed by atoms with van der Waals surface area (Å²) < 4.78 is 15.8. The van der Waals surface area contributed by atoms with Gasteiger partial charge in [-0.15, -0.1) is 0 Å². The molecule has 0 unspecified atom stereocenters. The van der Waals surface area contributed by atoms with Crippen molar-refractivity contribution in [1.82, 2.24) is 24.4 Å². The van der Waals surface area contributed by atoms with E-state index in [0.29, 0.717) is 23.4 Å². The molecule has 0 spiro atoms. The van der Waals surface area contributed by atoms with E-state index in [1.54, 1.807) is 6.33 Å². The molecular formula is C31H38N6O3Si. The minimum absolute atomic E-state index is 0.147. The third-order valence-corrected chi connectivity index (χ3v) is 13.4. The zero-order valence-electron chi connectivity index (χ0n) is 24.1. The van der Waals surface area contributed by atoms with Crippen LogP contribution in [-0.2, 0) is 9.16 Å². The number of aliphatic imine (C=N–C) groups is 1. The maximum absolute atomic E-state index is 10.5. The van der Waals surface area contributed by atoms with Gasteiger partial charge in [0.15, 0.2) is 17.0 Å². The van der Waals surface area contributed by atoms with Crippen molar-refractivity contribution >= 4 is 41.5 Å². The Morgan fingerprint density at radius 1 is 1.02 bits per heavy atom. The number of hydrogen-bond donors (Lipinski definition) is 1. The minimum Gasteiger partial charge on any atom is -0.402 e. The summed E-state index contributed by atoms with van der Waals surface area (Å²) >= 11 is 0. The van der Waals surface area contributed by atoms with Crippen molar-refractivity contribution in [3.63, 3.8) is 0 Å². The van der Waals surface area contributed by atoms with E-state index < -0.39 is 20.6 Å². The normalized spacial score (nSPS) is 22.7. The summed E-state index contributed by atoms with van der Waals surface area (Å²) in [6.45, 7) is 7.61. The molecule has 6 rings (SSSR count). The molecule has 10 heteroatoms. The Labute approximate surface area is 242 Å². The molecule has 2 aromatic carbocycles. The second-order valence-corrected chi connectivity index (χ2v) is 16.2. The zero-order chi connectivity index (χ0) is 28.6. The maximum atomic E-state index is 10.5. The van der Waals surface area contributed by atoms with E-state index in [4.69, 9.17) is 14.2 Å². The summed E-state index contributed by atoms with van der Waals surface area (Å²) in [7, 11) is -0.789. The molecule has 2 fully saturated rings. The van der Waals surface area contributed by atoms with Gasteiger partial charge >= 0.3 is 0 Å². The SMILES string of the molecule is CN1CCC/C1=N\c1ncnc2c1ncn2[C@H]1C[C@H](O[Si](c2ccccc2)(c2ccccc2)C(C)(C)C)[C@@H](CO)O1. The van der Waals surface area contributed by atoms with Crippen molar-refractivity contribution in [3.8, 4) is 0 Å². The number of imidazole rings is 1. The lowest BCUT2D eigenvalue weighted by molar-refractivity contribution is -0.0405. The Bertz CT molecular complexity index is 1480. The van der Waals surface area contributed by atoms with E-state index in [9.17, 15) is 5.11 Å². The molecule has 2 aliphatic heterocycles. The summed E-state index contributed by atoms with van der Waals surface area (Å²) in [5.41, 5.74) is 1.30. The van der Waals surface area contributed by atoms with E-state index in [2.05, 4.69) is 96.2 Å². The van der Waals surface area contributed by atoms with Gasteiger partial charge in [-0.3, -0.25) is 4.57 Å². The van der Waals surface area contributed by atoms with Crippen LogP contribution in [0.25, 0.3) is 11.2 Å². The van der Waals surface area contributed by atoms with E-state index >= 15 is 0 Å². The molecule has 0 aliphatic carbocycles. The van der Waals surface area contributed by atoms with Crippen molar-refractivity contribution in [2.75, 3.05) is 20.2 Å². The fourth-order valence-electron chi connectivity index (χ4n) is 6.27. The molecular weight excluding hydrogens is 532 g/mol. The summed E-state index contributed by atoms with van der Waals surface area (Å²) in [5, 5.41) is 12.7. The number of aliphatic hydroxyl groups excluding tert-OH is 1. The van der Waals surface area contributed by atoms with Crippen LogP contribution >= 0.6 is 0 Å². The molecule has 4 aromatic rings. The fraction of sp³-hybridized carbons (Fsp3) is 0.419. The Morgan fingerprint density at radius 3 is 2.29 bits per heavy atom. The van der Waals surface area contributed by atoms with Crippen LogP contribution in [0, 0.1) is 0 Å². The molecule has 2 saturated heterocycles. The van der Waals surface area contributed by atoms with Gasteiger partial charge in [-0.1, -0.05) is 81.4 Å². The van der Waals surface area contributed by atoms with Crippen molar-refractivity contribution in [2.24, 2.45) is 4.99 Å². The predicted molar refractivity (Wildman–Crippen MR) is 162 cm³/mol. The van der Waals surface area contributed by atoms with Crippen LogP contribution in [0.1, 0.15) is 46.3 Å². The largest absolute Gasteiger partial charge is 0.402 e. The molecule has 9 nitrogen and oxygen atoms in total. The molecule has 2 aromatic heterocycles. The van der Waals surface area contributed by atoms with E-state index in [0.717, 1.165) is 25.2 Å². The number of nitrogens with zero attached hydrogens (tertiary/aromatic N) is 6. The Balaban J connectivity index is 1.36. The Hall–Kier alpha value is -3.44. The van der Waals surface area contributed by atoms with E-state index in [-0.39, 0.29) is 17.7 Å². The molecule has 0 bridgehead atoms. The Morgan fingerprint density at radius 2 is 1.71 bits per heavy atom. The average molecular weight is 571 g/mol. The number of benzene rings is 2. The summed E-state index contributed by atoms with van der Waals surface area (Å²) in [5.74, 6) is 1.57. The molecule has 0 amide bonds. The summed E-state index contributed by atoms with van der Waals surface area (Å²) in [4.78, 5) is 20.6. The predicted octanol–water partition coefficient (Wildman–Crippen LogP) is 3.81. The number of hydrogen-bond acceptors (Lipinski definition) is 7. The van der Waals surface area contributed by atoms with Crippen LogP contribution in [0.5, 0.6) is 0 Å². The first-order valence-electron chi connectivity index (χ1n) is 14.3. The van der Waals surface area contributed by atoms with Crippen LogP contribution in [0.2, 0.25) is 5.04 Å². The standard InChI is InChI=1S/C31H38N6O3Si/c1-31(2,3)41(22-12-7-5-8-13-22,23-14-9-6-10-15-23)40-24-18-27(39-25(24)19-38)37-21-34-28-29(32-20-33-30(28)37)35-26-16-11-17-36(26)4/h5-10,12-15,20-21,24-25,27,38H,11,16-19H2,1-4H3/b35-26+/t24-,25+,27+/m0/s1. The van der Waals surface area contributed by atoms with Crippen LogP contribution < -0.4 is 10.4 Å². The number of aromatic nitrogens is 4. The van der Waals surface area contributed by atoms with Crippen LogP contribution in [-0.4, -0.2) is 76.1 Å². The van der Waals surface area contributed by atoms with Crippen LogP contribution in [0.4, 0.5) is 5.82 Å².